The molecule has 0 saturated carbocycles. The summed E-state index contributed by atoms with van der Waals surface area (Å²) in [6.07, 6.45) is 12.4. The van der Waals surface area contributed by atoms with Gasteiger partial charge in [-0.3, -0.25) is 4.79 Å². The number of allylic oxidation sites excluding steroid dienone is 6. The first kappa shape index (κ1) is 13.5. The summed E-state index contributed by atoms with van der Waals surface area (Å²) in [5.74, 6) is 1.14. The van der Waals surface area contributed by atoms with Gasteiger partial charge in [-0.25, -0.2) is 0 Å². The van der Waals surface area contributed by atoms with E-state index in [9.17, 15) is 4.79 Å². The fourth-order valence-electron chi connectivity index (χ4n) is 5.41. The molecule has 0 aromatic heterocycles. The van der Waals surface area contributed by atoms with Crippen LogP contribution < -0.4 is 0 Å². The monoisotopic (exact) mass is 282 g/mol. The van der Waals surface area contributed by atoms with E-state index in [1.165, 1.54) is 24.8 Å². The molecule has 112 valence electrons. The lowest BCUT2D eigenvalue weighted by molar-refractivity contribution is -0.115. The molecule has 0 aromatic carbocycles. The van der Waals surface area contributed by atoms with Crippen LogP contribution in [-0.4, -0.2) is 5.78 Å². The van der Waals surface area contributed by atoms with Crippen molar-refractivity contribution in [2.45, 2.75) is 65.7 Å². The summed E-state index contributed by atoms with van der Waals surface area (Å²) in [6.45, 7) is 7.31. The number of rotatable bonds is 0. The zero-order valence-electron chi connectivity index (χ0n) is 13.6. The average Bonchev–Trinajstić information content (AvgIpc) is 2.76. The third-order valence-corrected chi connectivity index (χ3v) is 7.19. The van der Waals surface area contributed by atoms with Crippen molar-refractivity contribution in [3.05, 3.63) is 34.4 Å². The lowest BCUT2D eigenvalue weighted by atomic mass is 9.55. The van der Waals surface area contributed by atoms with Gasteiger partial charge in [0.05, 0.1) is 0 Å². The molecule has 3 atom stereocenters. The smallest absolute Gasteiger partial charge is 0.155 e. The van der Waals surface area contributed by atoms with Crippen molar-refractivity contribution in [3.63, 3.8) is 0 Å². The molecule has 0 spiro atoms. The molecule has 0 amide bonds. The normalized spacial score (nSPS) is 42.0. The second-order valence-corrected chi connectivity index (χ2v) is 8.10. The first-order valence-corrected chi connectivity index (χ1v) is 8.62. The highest BCUT2D eigenvalue weighted by molar-refractivity contribution is 5.92. The maximum atomic E-state index is 11.8. The molecule has 0 saturated heterocycles. The van der Waals surface area contributed by atoms with Gasteiger partial charge in [-0.2, -0.15) is 0 Å². The van der Waals surface area contributed by atoms with E-state index >= 15 is 0 Å². The Morgan fingerprint density at radius 3 is 2.71 bits per heavy atom. The zero-order chi connectivity index (χ0) is 14.8. The van der Waals surface area contributed by atoms with E-state index < -0.39 is 0 Å². The summed E-state index contributed by atoms with van der Waals surface area (Å²) in [6, 6.07) is 0. The van der Waals surface area contributed by atoms with Gasteiger partial charge in [0, 0.05) is 11.8 Å². The fraction of sp³-hybridized carbons (Fsp3) is 0.650. The number of hydrogen-bond donors (Lipinski definition) is 0. The zero-order valence-corrected chi connectivity index (χ0v) is 13.6. The van der Waals surface area contributed by atoms with Gasteiger partial charge in [0.25, 0.3) is 0 Å². The van der Waals surface area contributed by atoms with Crippen LogP contribution in [0.1, 0.15) is 65.7 Å². The van der Waals surface area contributed by atoms with Crippen LogP contribution in [0.4, 0.5) is 0 Å². The predicted molar refractivity (Wildman–Crippen MR) is 85.9 cm³/mol. The molecule has 21 heavy (non-hydrogen) atoms. The van der Waals surface area contributed by atoms with Crippen molar-refractivity contribution < 1.29 is 4.79 Å². The maximum absolute atomic E-state index is 11.8. The van der Waals surface area contributed by atoms with Gasteiger partial charge < -0.3 is 0 Å². The molecule has 4 aliphatic rings. The van der Waals surface area contributed by atoms with Gasteiger partial charge in [0.2, 0.25) is 0 Å². The Kier molecular flexibility index (Phi) is 2.72. The minimum absolute atomic E-state index is 0.190. The fourth-order valence-corrected chi connectivity index (χ4v) is 5.41. The van der Waals surface area contributed by atoms with Crippen LogP contribution in [0.15, 0.2) is 34.4 Å². The number of carbonyl (C=O) groups is 1. The van der Waals surface area contributed by atoms with Crippen molar-refractivity contribution in [1.29, 1.82) is 0 Å². The van der Waals surface area contributed by atoms with Gasteiger partial charge in [0.1, 0.15) is 0 Å². The molecule has 4 rings (SSSR count). The summed E-state index contributed by atoms with van der Waals surface area (Å²) in [4.78, 5) is 11.8. The van der Waals surface area contributed by atoms with Gasteiger partial charge in [-0.15, -0.1) is 0 Å². The van der Waals surface area contributed by atoms with E-state index in [1.54, 1.807) is 16.7 Å². The van der Waals surface area contributed by atoms with Crippen LogP contribution in [0, 0.1) is 16.7 Å². The van der Waals surface area contributed by atoms with Crippen LogP contribution in [0.3, 0.4) is 0 Å². The number of hydrogen-bond acceptors (Lipinski definition) is 1. The highest BCUT2D eigenvalue weighted by atomic mass is 16.1. The summed E-state index contributed by atoms with van der Waals surface area (Å²) in [5.41, 5.74) is 7.07. The largest absolute Gasteiger partial charge is 0.295 e. The molecule has 0 heterocycles. The Balaban J connectivity index is 1.84. The van der Waals surface area contributed by atoms with Gasteiger partial charge in [-0.05, 0) is 67.1 Å². The number of fused-ring (bicyclic) bond motifs is 4. The molecule has 0 fully saturated rings. The maximum Gasteiger partial charge on any atom is 0.155 e. The molecular formula is C20H26O. The third kappa shape index (κ3) is 1.67. The Morgan fingerprint density at radius 1 is 1.10 bits per heavy atom. The van der Waals surface area contributed by atoms with E-state index in [-0.39, 0.29) is 5.41 Å². The molecule has 0 radical (unpaired) electrons. The summed E-state index contributed by atoms with van der Waals surface area (Å²) in [7, 11) is 0. The van der Waals surface area contributed by atoms with E-state index in [0.29, 0.717) is 11.2 Å². The molecular weight excluding hydrogens is 256 g/mol. The second-order valence-electron chi connectivity index (χ2n) is 8.10. The first-order chi connectivity index (χ1) is 9.95. The SMILES string of the molecule is CC1CC=C2C3=C(CCC21C)C1(C)CCC(=O)C=C1CC3. The van der Waals surface area contributed by atoms with E-state index in [4.69, 9.17) is 0 Å². The van der Waals surface area contributed by atoms with Crippen molar-refractivity contribution in [2.24, 2.45) is 16.7 Å². The predicted octanol–water partition coefficient (Wildman–Crippen LogP) is 5.14. The van der Waals surface area contributed by atoms with E-state index in [0.717, 1.165) is 31.6 Å². The molecule has 0 aliphatic heterocycles. The van der Waals surface area contributed by atoms with Gasteiger partial charge >= 0.3 is 0 Å². The lowest BCUT2D eigenvalue weighted by Crippen LogP contribution is -2.37. The quantitative estimate of drug-likeness (QED) is 0.601. The Morgan fingerprint density at radius 2 is 1.90 bits per heavy atom. The van der Waals surface area contributed by atoms with Crippen LogP contribution in [0.25, 0.3) is 0 Å². The Labute approximate surface area is 128 Å². The second kappa shape index (κ2) is 4.21. The van der Waals surface area contributed by atoms with E-state index in [1.807, 2.05) is 6.08 Å². The van der Waals surface area contributed by atoms with Gasteiger partial charge in [0.15, 0.2) is 5.78 Å². The summed E-state index contributed by atoms with van der Waals surface area (Å²) >= 11 is 0. The highest BCUT2D eigenvalue weighted by Crippen LogP contribution is 2.61. The first-order valence-electron chi connectivity index (χ1n) is 8.62. The van der Waals surface area contributed by atoms with Crippen molar-refractivity contribution >= 4 is 5.78 Å². The summed E-state index contributed by atoms with van der Waals surface area (Å²) < 4.78 is 0. The molecule has 3 unspecified atom stereocenters. The Hall–Kier alpha value is -1.11. The van der Waals surface area contributed by atoms with Crippen LogP contribution in [-0.2, 0) is 4.79 Å². The lowest BCUT2D eigenvalue weighted by Gasteiger charge is -2.49. The standard InChI is InChI=1S/C20H26O/c1-13-4-7-17-16-6-5-14-12-15(21)8-10-20(14,3)18(16)9-11-19(13,17)2/h7,12-13H,4-6,8-11H2,1-3H3. The van der Waals surface area contributed by atoms with Crippen LogP contribution in [0.2, 0.25) is 0 Å². The molecule has 0 aromatic rings. The van der Waals surface area contributed by atoms with Crippen molar-refractivity contribution in [1.82, 2.24) is 0 Å². The third-order valence-electron chi connectivity index (χ3n) is 7.19. The van der Waals surface area contributed by atoms with Crippen molar-refractivity contribution in [3.8, 4) is 0 Å². The molecule has 0 bridgehead atoms. The topological polar surface area (TPSA) is 17.1 Å². The summed E-state index contributed by atoms with van der Waals surface area (Å²) in [5, 5.41) is 0. The highest BCUT2D eigenvalue weighted by Gasteiger charge is 2.49. The molecule has 1 nitrogen and oxygen atoms in total. The van der Waals surface area contributed by atoms with E-state index in [2.05, 4.69) is 26.8 Å². The molecule has 4 aliphatic carbocycles. The van der Waals surface area contributed by atoms with Gasteiger partial charge in [-0.1, -0.05) is 38.0 Å². The molecule has 0 N–H and O–H groups in total. The van der Waals surface area contributed by atoms with Crippen LogP contribution in [0.5, 0.6) is 0 Å². The van der Waals surface area contributed by atoms with Crippen molar-refractivity contribution in [2.75, 3.05) is 0 Å². The Bertz CT molecular complexity index is 618. The minimum atomic E-state index is 0.190. The molecule has 1 heteroatoms. The number of carbonyl (C=O) groups excluding carboxylic acids is 1. The number of ketones is 1. The minimum Gasteiger partial charge on any atom is -0.295 e. The average molecular weight is 282 g/mol. The van der Waals surface area contributed by atoms with Crippen LogP contribution >= 0.6 is 0 Å².